The fraction of sp³-hybridized carbons (Fsp3) is 0.800. The highest BCUT2D eigenvalue weighted by Crippen LogP contribution is 2.32. The van der Waals surface area contributed by atoms with E-state index in [0.29, 0.717) is 18.9 Å². The largest absolute Gasteiger partial charge is 0.451 e. The van der Waals surface area contributed by atoms with Gasteiger partial charge in [-0.2, -0.15) is 13.2 Å². The summed E-state index contributed by atoms with van der Waals surface area (Å²) in [5.74, 6) is -0.492. The molecule has 1 aromatic heterocycles. The summed E-state index contributed by atoms with van der Waals surface area (Å²) < 4.78 is 39.3. The van der Waals surface area contributed by atoms with Crippen LogP contribution in [0.25, 0.3) is 0 Å². The highest BCUT2D eigenvalue weighted by atomic mass is 19.4. The average molecular weight is 248 g/mol. The lowest BCUT2D eigenvalue weighted by Gasteiger charge is -2.35. The normalized spacial score (nSPS) is 21.9. The number of hydrogen-bond donors (Lipinski definition) is 0. The lowest BCUT2D eigenvalue weighted by atomic mass is 10.2. The molecule has 0 aromatic carbocycles. The van der Waals surface area contributed by atoms with E-state index in [9.17, 15) is 13.2 Å². The molecule has 2 heterocycles. The van der Waals surface area contributed by atoms with E-state index in [1.54, 1.807) is 6.92 Å². The summed E-state index contributed by atoms with van der Waals surface area (Å²) in [6.07, 6.45) is -4.43. The Morgan fingerprint density at radius 1 is 1.29 bits per heavy atom. The molecule has 0 bridgehead atoms. The van der Waals surface area contributed by atoms with Crippen LogP contribution in [-0.4, -0.2) is 32.3 Å². The quantitative estimate of drug-likeness (QED) is 0.763. The van der Waals surface area contributed by atoms with Gasteiger partial charge < -0.3 is 4.57 Å². The molecule has 0 fully saturated rings. The van der Waals surface area contributed by atoms with Gasteiger partial charge in [0, 0.05) is 18.6 Å². The molecule has 0 saturated carbocycles. The van der Waals surface area contributed by atoms with Crippen molar-refractivity contribution in [1.82, 2.24) is 19.7 Å². The van der Waals surface area contributed by atoms with Crippen LogP contribution < -0.4 is 0 Å². The summed E-state index contributed by atoms with van der Waals surface area (Å²) in [7, 11) is 0. The molecule has 0 N–H and O–H groups in total. The Morgan fingerprint density at radius 3 is 2.47 bits per heavy atom. The molecule has 7 heteroatoms. The van der Waals surface area contributed by atoms with Crippen LogP contribution in [0.4, 0.5) is 13.2 Å². The van der Waals surface area contributed by atoms with E-state index in [2.05, 4.69) is 15.1 Å². The molecule has 0 saturated heterocycles. The van der Waals surface area contributed by atoms with Crippen molar-refractivity contribution in [2.45, 2.75) is 45.6 Å². The third-order valence-electron chi connectivity index (χ3n) is 3.03. The van der Waals surface area contributed by atoms with Crippen molar-refractivity contribution < 1.29 is 13.2 Å². The van der Waals surface area contributed by atoms with E-state index in [1.807, 2.05) is 13.8 Å². The molecular formula is C10H15F3N4. The van der Waals surface area contributed by atoms with E-state index in [-0.39, 0.29) is 12.1 Å². The summed E-state index contributed by atoms with van der Waals surface area (Å²) in [6.45, 7) is 6.81. The van der Waals surface area contributed by atoms with Gasteiger partial charge in [0.1, 0.15) is 5.82 Å². The first kappa shape index (κ1) is 12.3. The number of alkyl halides is 3. The highest BCUT2D eigenvalue weighted by molar-refractivity contribution is 5.05. The topological polar surface area (TPSA) is 34.0 Å². The second-order valence-corrected chi connectivity index (χ2v) is 4.68. The summed E-state index contributed by atoms with van der Waals surface area (Å²) in [5.41, 5.74) is 0. The highest BCUT2D eigenvalue weighted by Gasteiger charge is 2.41. The van der Waals surface area contributed by atoms with Crippen molar-refractivity contribution in [3.8, 4) is 0 Å². The molecule has 0 radical (unpaired) electrons. The predicted molar refractivity (Wildman–Crippen MR) is 55.3 cm³/mol. The van der Waals surface area contributed by atoms with Crippen molar-refractivity contribution in [1.29, 1.82) is 0 Å². The molecule has 0 unspecified atom stereocenters. The summed E-state index contributed by atoms with van der Waals surface area (Å²) in [6, 6.07) is 0.0324. The lowest BCUT2D eigenvalue weighted by Crippen LogP contribution is -2.41. The van der Waals surface area contributed by atoms with Gasteiger partial charge in [-0.15, -0.1) is 10.2 Å². The number of nitrogens with zero attached hydrogens (tertiary/aromatic N) is 4. The molecule has 2 rings (SSSR count). The Hall–Kier alpha value is -1.11. The van der Waals surface area contributed by atoms with Gasteiger partial charge in [-0.25, -0.2) is 0 Å². The molecule has 0 spiro atoms. The lowest BCUT2D eigenvalue weighted by molar-refractivity contribution is -0.148. The standard InChI is InChI=1S/C10H15F3N4/c1-6(2)16-4-7(3)17-8(5-16)14-15-9(17)10(11,12)13/h6-7H,4-5H2,1-3H3/t7-/m0/s1. The smallest absolute Gasteiger partial charge is 0.302 e. The first-order valence-electron chi connectivity index (χ1n) is 5.55. The number of hydrogen-bond acceptors (Lipinski definition) is 3. The molecule has 0 aliphatic carbocycles. The number of fused-ring (bicyclic) bond motifs is 1. The zero-order valence-corrected chi connectivity index (χ0v) is 9.99. The van der Waals surface area contributed by atoms with Crippen molar-refractivity contribution in [2.24, 2.45) is 0 Å². The van der Waals surface area contributed by atoms with Crippen LogP contribution in [0.2, 0.25) is 0 Å². The zero-order valence-electron chi connectivity index (χ0n) is 9.99. The monoisotopic (exact) mass is 248 g/mol. The fourth-order valence-electron chi connectivity index (χ4n) is 2.15. The molecule has 17 heavy (non-hydrogen) atoms. The number of rotatable bonds is 1. The number of aromatic nitrogens is 3. The van der Waals surface area contributed by atoms with Crippen LogP contribution in [-0.2, 0) is 12.7 Å². The zero-order chi connectivity index (χ0) is 12.8. The van der Waals surface area contributed by atoms with E-state index >= 15 is 0 Å². The summed E-state index contributed by atoms with van der Waals surface area (Å²) >= 11 is 0. The predicted octanol–water partition coefficient (Wildman–Crippen LogP) is 2.08. The van der Waals surface area contributed by atoms with E-state index in [4.69, 9.17) is 0 Å². The molecule has 96 valence electrons. The summed E-state index contributed by atoms with van der Waals surface area (Å²) in [5, 5.41) is 6.93. The van der Waals surface area contributed by atoms with Crippen LogP contribution in [0, 0.1) is 0 Å². The van der Waals surface area contributed by atoms with Crippen molar-refractivity contribution in [2.75, 3.05) is 6.54 Å². The average Bonchev–Trinajstić information content (AvgIpc) is 2.60. The van der Waals surface area contributed by atoms with Crippen LogP contribution in [0.1, 0.15) is 38.5 Å². The SMILES string of the molecule is CC(C)N1Cc2nnc(C(F)(F)F)n2[C@@H](C)C1. The Bertz CT molecular complexity index is 410. The minimum Gasteiger partial charge on any atom is -0.302 e. The Kier molecular flexibility index (Phi) is 2.89. The third kappa shape index (κ3) is 2.15. The van der Waals surface area contributed by atoms with Gasteiger partial charge in [0.05, 0.1) is 6.54 Å². The Balaban J connectivity index is 2.37. The molecule has 1 aromatic rings. The minimum atomic E-state index is -4.43. The van der Waals surface area contributed by atoms with Gasteiger partial charge in [0.15, 0.2) is 0 Å². The first-order valence-corrected chi connectivity index (χ1v) is 5.55. The molecule has 0 amide bonds. The van der Waals surface area contributed by atoms with Gasteiger partial charge in [-0.3, -0.25) is 4.90 Å². The van der Waals surface area contributed by atoms with Crippen LogP contribution >= 0.6 is 0 Å². The van der Waals surface area contributed by atoms with Gasteiger partial charge in [-0.05, 0) is 20.8 Å². The Labute approximate surface area is 97.4 Å². The summed E-state index contributed by atoms with van der Waals surface area (Å²) in [4.78, 5) is 2.09. The molecule has 1 aliphatic rings. The van der Waals surface area contributed by atoms with Crippen LogP contribution in [0.3, 0.4) is 0 Å². The van der Waals surface area contributed by atoms with Crippen LogP contribution in [0.15, 0.2) is 0 Å². The van der Waals surface area contributed by atoms with Gasteiger partial charge in [0.25, 0.3) is 0 Å². The second kappa shape index (κ2) is 3.97. The maximum atomic E-state index is 12.7. The number of halogens is 3. The van der Waals surface area contributed by atoms with Crippen molar-refractivity contribution in [3.63, 3.8) is 0 Å². The fourth-order valence-corrected chi connectivity index (χ4v) is 2.15. The molecular weight excluding hydrogens is 233 g/mol. The van der Waals surface area contributed by atoms with Gasteiger partial charge in [-0.1, -0.05) is 0 Å². The molecule has 1 aliphatic heterocycles. The molecule has 1 atom stereocenters. The van der Waals surface area contributed by atoms with Crippen molar-refractivity contribution in [3.05, 3.63) is 11.6 Å². The van der Waals surface area contributed by atoms with Gasteiger partial charge >= 0.3 is 6.18 Å². The van der Waals surface area contributed by atoms with E-state index in [0.717, 1.165) is 0 Å². The first-order chi connectivity index (χ1) is 7.80. The second-order valence-electron chi connectivity index (χ2n) is 4.68. The third-order valence-corrected chi connectivity index (χ3v) is 3.03. The van der Waals surface area contributed by atoms with Gasteiger partial charge in [0.2, 0.25) is 5.82 Å². The van der Waals surface area contributed by atoms with E-state index < -0.39 is 12.0 Å². The van der Waals surface area contributed by atoms with Crippen molar-refractivity contribution >= 4 is 0 Å². The maximum absolute atomic E-state index is 12.7. The molecule has 4 nitrogen and oxygen atoms in total. The van der Waals surface area contributed by atoms with E-state index in [1.165, 1.54) is 4.57 Å². The van der Waals surface area contributed by atoms with Crippen LogP contribution in [0.5, 0.6) is 0 Å². The Morgan fingerprint density at radius 2 is 1.94 bits per heavy atom. The minimum absolute atomic E-state index is 0.257. The maximum Gasteiger partial charge on any atom is 0.451 e.